The van der Waals surface area contributed by atoms with E-state index in [-0.39, 0.29) is 41.9 Å². The van der Waals surface area contributed by atoms with Gasteiger partial charge in [0.1, 0.15) is 0 Å². The number of amides is 1. The number of nitrogens with one attached hydrogen (secondary N) is 1. The van der Waals surface area contributed by atoms with Gasteiger partial charge in [0.25, 0.3) is 0 Å². The van der Waals surface area contributed by atoms with Crippen molar-refractivity contribution in [2.45, 2.75) is 49.8 Å². The van der Waals surface area contributed by atoms with Gasteiger partial charge in [0.05, 0.1) is 0 Å². The Labute approximate surface area is 186 Å². The second-order valence-electron chi connectivity index (χ2n) is 5.45. The van der Waals surface area contributed by atoms with Gasteiger partial charge in [-0.3, -0.25) is 0 Å². The molecule has 0 aromatic carbocycles. The van der Waals surface area contributed by atoms with Gasteiger partial charge in [0, 0.05) is 0 Å². The number of nitrogens with zero attached hydrogens (tertiary/aromatic N) is 2. The van der Waals surface area contributed by atoms with E-state index in [1.54, 1.807) is 12.5 Å². The molecule has 0 spiro atoms. The van der Waals surface area contributed by atoms with E-state index in [0.717, 1.165) is 50.0 Å². The van der Waals surface area contributed by atoms with Crippen LogP contribution in [0.2, 0.25) is 0 Å². The van der Waals surface area contributed by atoms with Crippen molar-refractivity contribution in [3.8, 4) is 0 Å². The summed E-state index contributed by atoms with van der Waals surface area (Å²) in [6.45, 7) is 0. The summed E-state index contributed by atoms with van der Waals surface area (Å²) in [5.74, 6) is -0.457. The topological polar surface area (TPSA) is 84.2 Å². The van der Waals surface area contributed by atoms with Gasteiger partial charge in [-0.15, -0.1) is 0 Å². The van der Waals surface area contributed by atoms with Crippen LogP contribution in [0.5, 0.6) is 0 Å². The van der Waals surface area contributed by atoms with Gasteiger partial charge < -0.3 is 0 Å². The quantitative estimate of drug-likeness (QED) is 0.237. The van der Waals surface area contributed by atoms with Crippen LogP contribution in [0, 0.1) is 0 Å². The normalized spacial score (nSPS) is 13.0. The Morgan fingerprint density at radius 3 is 2.62 bits per heavy atom. The van der Waals surface area contributed by atoms with E-state index in [4.69, 9.17) is 0 Å². The third-order valence-electron chi connectivity index (χ3n) is 3.39. The maximum absolute atomic E-state index is 11.9. The third kappa shape index (κ3) is 10.5. The van der Waals surface area contributed by atoms with Gasteiger partial charge in [-0.2, -0.15) is 25.3 Å². The molecule has 0 aliphatic carbocycles. The molecule has 6 nitrogen and oxygen atoms in total. The number of hydrogen-bond donors (Lipinski definition) is 4. The van der Waals surface area contributed by atoms with Gasteiger partial charge in [-0.05, 0) is 12.2 Å². The van der Waals surface area contributed by atoms with Crippen LogP contribution in [0.1, 0.15) is 37.8 Å². The number of aromatic nitrogens is 2. The molecular weight excluding hydrogens is 411 g/mol. The Morgan fingerprint density at radius 1 is 1.38 bits per heavy atom. The molecule has 127 valence electrons. The molecule has 1 aromatic heterocycles. The van der Waals surface area contributed by atoms with E-state index in [9.17, 15) is 14.7 Å². The Hall–Kier alpha value is 0.473. The molecule has 1 aromatic rings. The number of aliphatic carboxylic acids is 1. The van der Waals surface area contributed by atoms with Crippen molar-refractivity contribution in [1.82, 2.24) is 13.6 Å². The second-order valence-corrected chi connectivity index (χ2v) is 8.16. The fraction of sp³-hybridized carbons (Fsp3) is 0.643. The van der Waals surface area contributed by atoms with Crippen molar-refractivity contribution >= 4 is 66.7 Å². The summed E-state index contributed by atoms with van der Waals surface area (Å²) < 4.78 is 1.87. The first-order valence-electron chi connectivity index (χ1n) is 7.57. The zero-order valence-corrected chi connectivity index (χ0v) is 17.8. The van der Waals surface area contributed by atoms with Gasteiger partial charge in [-0.1, -0.05) is 0 Å². The number of carbonyl (C=O) groups excluding carboxylic acids is 1. The Balaban J connectivity index is 0.00000529. The van der Waals surface area contributed by atoms with E-state index in [1.807, 2.05) is 3.31 Å². The molecule has 24 heavy (non-hydrogen) atoms. The average molecular weight is 434 g/mol. The maximum atomic E-state index is 11.9. The van der Waals surface area contributed by atoms with Crippen molar-refractivity contribution in [2.75, 3.05) is 5.75 Å². The molecule has 10 heteroatoms. The summed E-state index contributed by atoms with van der Waals surface area (Å²) in [5, 5.41) is 12.1. The summed E-state index contributed by atoms with van der Waals surface area (Å²) in [6, 6.07) is -0.931. The molecule has 2 N–H and O–H groups in total. The van der Waals surface area contributed by atoms with E-state index >= 15 is 0 Å². The van der Waals surface area contributed by atoms with Crippen LogP contribution >= 0.6 is 25.3 Å². The standard InChI is InChI=1S/C14H23N3O3S2.Na.Zn.H/c18-13(4-2-1-3-11(22)5-6-21)17-12(14(19)20)7-10-8-15-9-16-10;;;/h8-9,11-12H,1-7H2,(H5,15,16,17,18,19,20,21,22);;;/q;;+1;/p-1/t11?,12-;;;/m0.../s1. The van der Waals surface area contributed by atoms with Crippen molar-refractivity contribution in [3.05, 3.63) is 18.2 Å². The van der Waals surface area contributed by atoms with Gasteiger partial charge in [-0.25, -0.2) is 0 Å². The number of unbranched alkanes of at least 4 members (excludes halogenated alkanes) is 1. The van der Waals surface area contributed by atoms with Crippen LogP contribution in [0.15, 0.2) is 12.5 Å². The zero-order valence-electron chi connectivity index (χ0n) is 13.0. The van der Waals surface area contributed by atoms with Crippen molar-refractivity contribution in [3.63, 3.8) is 0 Å². The van der Waals surface area contributed by atoms with E-state index < -0.39 is 12.0 Å². The average Bonchev–Trinajstić information content (AvgIpc) is 2.88. The van der Waals surface area contributed by atoms with E-state index in [2.05, 4.69) is 35.6 Å². The minimum absolute atomic E-state index is 0. The summed E-state index contributed by atoms with van der Waals surface area (Å²) >= 11 is 9.50. The minimum atomic E-state index is -1.04. The van der Waals surface area contributed by atoms with Crippen LogP contribution in [0.3, 0.4) is 0 Å². The molecule has 0 aliphatic rings. The third-order valence-corrected chi connectivity index (χ3v) is 4.89. The number of thiol groups is 2. The Kier molecular flexibility index (Phi) is 13.9. The molecular formula is C14H23N3NaO3S2Zn. The number of imidazole rings is 1. The number of carbonyl (C=O) groups is 2. The molecule has 0 aliphatic heterocycles. The molecule has 0 saturated carbocycles. The molecule has 0 fully saturated rings. The number of carboxylic acid groups (broad SMARTS) is 1. The predicted molar refractivity (Wildman–Crippen MR) is 97.8 cm³/mol. The molecule has 1 rings (SSSR count). The SMILES string of the molecule is O=C(CCCCC(S)CCS)N[C@@H](Cc1c[n]([Zn])cn1)C(=O)O.[NaH]. The van der Waals surface area contributed by atoms with Crippen LogP contribution < -0.4 is 5.32 Å². The molecule has 1 unspecified atom stereocenters. The van der Waals surface area contributed by atoms with E-state index in [0.29, 0.717) is 17.4 Å². The van der Waals surface area contributed by atoms with E-state index in [1.165, 1.54) is 0 Å². The van der Waals surface area contributed by atoms with Crippen LogP contribution in [0.4, 0.5) is 0 Å². The first-order chi connectivity index (χ1) is 10.9. The molecule has 2 atom stereocenters. The fourth-order valence-electron chi connectivity index (χ4n) is 2.15. The molecule has 0 radical (unpaired) electrons. The van der Waals surface area contributed by atoms with Crippen LogP contribution in [0.25, 0.3) is 0 Å². The predicted octanol–water partition coefficient (Wildman–Crippen LogP) is 0.835. The second kappa shape index (κ2) is 13.6. The summed E-state index contributed by atoms with van der Waals surface area (Å²) in [5.41, 5.74) is 0.675. The fourth-order valence-corrected chi connectivity index (χ4v) is 3.59. The Morgan fingerprint density at radius 2 is 2.08 bits per heavy atom. The Bertz CT molecular complexity index is 519. The molecule has 1 heterocycles. The van der Waals surface area contributed by atoms with Gasteiger partial charge in [0.2, 0.25) is 0 Å². The van der Waals surface area contributed by atoms with Crippen LogP contribution in [-0.2, 0) is 34.6 Å². The molecule has 1 amide bonds. The number of hydrogen-bond acceptors (Lipinski definition) is 5. The monoisotopic (exact) mass is 432 g/mol. The number of carboxylic acids is 1. The van der Waals surface area contributed by atoms with Crippen LogP contribution in [-0.4, -0.2) is 71.9 Å². The van der Waals surface area contributed by atoms with Crippen molar-refractivity contribution < 1.29 is 33.2 Å². The summed E-state index contributed by atoms with van der Waals surface area (Å²) in [4.78, 5) is 27.3. The summed E-state index contributed by atoms with van der Waals surface area (Å²) in [7, 11) is 0. The first-order valence-corrected chi connectivity index (χ1v) is 10.0. The first kappa shape index (κ1) is 24.5. The molecule has 0 saturated heterocycles. The molecule has 0 bridgehead atoms. The summed E-state index contributed by atoms with van der Waals surface area (Å²) in [6.07, 6.45) is 7.52. The zero-order chi connectivity index (χ0) is 17.2. The van der Waals surface area contributed by atoms with Crippen molar-refractivity contribution in [2.24, 2.45) is 0 Å². The van der Waals surface area contributed by atoms with Gasteiger partial charge >= 0.3 is 150 Å². The number of rotatable bonds is 11. The van der Waals surface area contributed by atoms with Crippen molar-refractivity contribution in [1.29, 1.82) is 0 Å². The van der Waals surface area contributed by atoms with Gasteiger partial charge in [0.15, 0.2) is 0 Å².